The molecule has 2 aromatic rings. The molecule has 182 valence electrons. The van der Waals surface area contributed by atoms with Crippen LogP contribution in [-0.2, 0) is 19.1 Å². The van der Waals surface area contributed by atoms with Gasteiger partial charge in [0, 0.05) is 18.6 Å². The molecule has 0 saturated carbocycles. The normalized spacial score (nSPS) is 26.3. The van der Waals surface area contributed by atoms with Gasteiger partial charge in [-0.15, -0.1) is 0 Å². The van der Waals surface area contributed by atoms with Gasteiger partial charge in [-0.05, 0) is 55.5 Å². The highest BCUT2D eigenvalue weighted by Gasteiger charge is 2.57. The van der Waals surface area contributed by atoms with E-state index < -0.39 is 0 Å². The van der Waals surface area contributed by atoms with E-state index in [0.717, 1.165) is 35.1 Å². The van der Waals surface area contributed by atoms with Crippen molar-refractivity contribution in [1.82, 2.24) is 0 Å². The van der Waals surface area contributed by atoms with Gasteiger partial charge in [0.1, 0.15) is 5.75 Å². The second kappa shape index (κ2) is 9.80. The minimum absolute atomic E-state index is 0.100. The molecule has 6 heteroatoms. The van der Waals surface area contributed by atoms with Crippen molar-refractivity contribution in [3.63, 3.8) is 0 Å². The Bertz CT molecular complexity index is 1180. The molecule has 2 saturated heterocycles. The molecule has 0 bridgehead atoms. The predicted molar refractivity (Wildman–Crippen MR) is 134 cm³/mol. The number of allylic oxidation sites excluding steroid dienone is 1. The standard InChI is InChI=1S/C29H31NO5/c1-18(14-19-8-6-7-11-24(19)31)12-13-25-26-20(16-34-2)15-22-27(23(26)17-35-25)29(33)30(28(22)32)21-9-4-3-5-10-21/h3-11,14,22-23,25,27,31H,12-13,15-17H2,1-2H3/b18-14+/t22-,23+,25-,27-/m1/s1. The molecule has 3 aliphatic rings. The first-order chi connectivity index (χ1) is 17.0. The number of hydrogen-bond donors (Lipinski definition) is 1. The van der Waals surface area contributed by atoms with Gasteiger partial charge in [0.2, 0.25) is 11.8 Å². The summed E-state index contributed by atoms with van der Waals surface area (Å²) in [6.07, 6.45) is 4.00. The number of aromatic hydroxyl groups is 1. The number of para-hydroxylation sites is 2. The average Bonchev–Trinajstić information content (AvgIpc) is 3.39. The molecule has 0 spiro atoms. The van der Waals surface area contributed by atoms with Gasteiger partial charge in [-0.25, -0.2) is 0 Å². The molecule has 2 heterocycles. The lowest BCUT2D eigenvalue weighted by molar-refractivity contribution is -0.122. The first-order valence-electron chi connectivity index (χ1n) is 12.2. The SMILES string of the molecule is COCC1=C2[C@@H](CC/C(C)=C/c3ccccc3O)OC[C@@H]2[C@@H]2C(=O)N(c3ccccc3)C(=O)[C@@H]2C1. The van der Waals surface area contributed by atoms with Gasteiger partial charge in [0.05, 0.1) is 36.8 Å². The summed E-state index contributed by atoms with van der Waals surface area (Å²) in [5.41, 5.74) is 4.82. The highest BCUT2D eigenvalue weighted by molar-refractivity contribution is 6.22. The maximum absolute atomic E-state index is 13.5. The minimum atomic E-state index is -0.388. The van der Waals surface area contributed by atoms with E-state index in [9.17, 15) is 14.7 Å². The number of anilines is 1. The van der Waals surface area contributed by atoms with E-state index in [1.54, 1.807) is 13.2 Å². The molecule has 1 aliphatic carbocycles. The van der Waals surface area contributed by atoms with Gasteiger partial charge in [0.15, 0.2) is 0 Å². The Balaban J connectivity index is 1.38. The number of phenols is 1. The molecule has 2 amide bonds. The van der Waals surface area contributed by atoms with Gasteiger partial charge >= 0.3 is 0 Å². The number of fused-ring (bicyclic) bond motifs is 3. The highest BCUT2D eigenvalue weighted by Crippen LogP contribution is 2.50. The first-order valence-corrected chi connectivity index (χ1v) is 12.2. The molecule has 1 N–H and O–H groups in total. The van der Waals surface area contributed by atoms with Crippen LogP contribution >= 0.6 is 0 Å². The summed E-state index contributed by atoms with van der Waals surface area (Å²) in [6.45, 7) is 2.93. The number of carbonyl (C=O) groups is 2. The van der Waals surface area contributed by atoms with Crippen molar-refractivity contribution in [1.29, 1.82) is 0 Å². The van der Waals surface area contributed by atoms with Gasteiger partial charge in [-0.1, -0.05) is 48.0 Å². The van der Waals surface area contributed by atoms with Crippen LogP contribution in [0.2, 0.25) is 0 Å². The molecule has 4 atom stereocenters. The maximum atomic E-state index is 13.5. The molecule has 35 heavy (non-hydrogen) atoms. The molecular formula is C29H31NO5. The summed E-state index contributed by atoms with van der Waals surface area (Å²) < 4.78 is 11.8. The Labute approximate surface area is 205 Å². The van der Waals surface area contributed by atoms with Crippen LogP contribution in [0.5, 0.6) is 5.75 Å². The average molecular weight is 474 g/mol. The van der Waals surface area contributed by atoms with E-state index in [1.165, 1.54) is 4.90 Å². The third-order valence-electron chi connectivity index (χ3n) is 7.48. The van der Waals surface area contributed by atoms with Crippen molar-refractivity contribution >= 4 is 23.6 Å². The lowest BCUT2D eigenvalue weighted by Gasteiger charge is -2.31. The third kappa shape index (κ3) is 4.32. The van der Waals surface area contributed by atoms with Crippen molar-refractivity contribution < 1.29 is 24.2 Å². The molecule has 0 aromatic heterocycles. The summed E-state index contributed by atoms with van der Waals surface area (Å²) in [5, 5.41) is 10.1. The fourth-order valence-corrected chi connectivity index (χ4v) is 5.92. The number of rotatable bonds is 7. The Kier molecular flexibility index (Phi) is 6.58. The van der Waals surface area contributed by atoms with E-state index in [4.69, 9.17) is 9.47 Å². The van der Waals surface area contributed by atoms with Gasteiger partial charge < -0.3 is 14.6 Å². The van der Waals surface area contributed by atoms with E-state index in [2.05, 4.69) is 6.92 Å². The fraction of sp³-hybridized carbons (Fsp3) is 0.379. The number of hydrogen-bond acceptors (Lipinski definition) is 5. The predicted octanol–water partition coefficient (Wildman–Crippen LogP) is 4.74. The number of methoxy groups -OCH3 is 1. The molecule has 5 rings (SSSR count). The topological polar surface area (TPSA) is 76.1 Å². The largest absolute Gasteiger partial charge is 0.507 e. The van der Waals surface area contributed by atoms with Crippen LogP contribution in [0.1, 0.15) is 31.7 Å². The van der Waals surface area contributed by atoms with E-state index in [-0.39, 0.29) is 41.4 Å². The zero-order chi connectivity index (χ0) is 24.5. The molecule has 2 aromatic carbocycles. The van der Waals surface area contributed by atoms with Crippen LogP contribution in [0.15, 0.2) is 71.3 Å². The first kappa shape index (κ1) is 23.5. The molecule has 6 nitrogen and oxygen atoms in total. The summed E-state index contributed by atoms with van der Waals surface area (Å²) in [6, 6.07) is 16.5. The van der Waals surface area contributed by atoms with Crippen molar-refractivity contribution in [3.8, 4) is 5.75 Å². The van der Waals surface area contributed by atoms with Crippen LogP contribution in [-0.4, -0.2) is 43.3 Å². The summed E-state index contributed by atoms with van der Waals surface area (Å²) in [7, 11) is 1.66. The molecule has 2 aliphatic heterocycles. The van der Waals surface area contributed by atoms with Crippen molar-refractivity contribution in [2.24, 2.45) is 17.8 Å². The van der Waals surface area contributed by atoms with Crippen LogP contribution in [0, 0.1) is 17.8 Å². The molecule has 0 unspecified atom stereocenters. The Morgan fingerprint density at radius 1 is 1.09 bits per heavy atom. The van der Waals surface area contributed by atoms with E-state index in [1.807, 2.05) is 54.6 Å². The summed E-state index contributed by atoms with van der Waals surface area (Å²) in [4.78, 5) is 28.3. The molecule has 0 radical (unpaired) electrons. The number of carbonyl (C=O) groups excluding carboxylic acids is 2. The Morgan fingerprint density at radius 3 is 2.57 bits per heavy atom. The quantitative estimate of drug-likeness (QED) is 0.464. The maximum Gasteiger partial charge on any atom is 0.238 e. The number of amides is 2. The number of benzene rings is 2. The summed E-state index contributed by atoms with van der Waals surface area (Å²) in [5.74, 6) is -0.835. The van der Waals surface area contributed by atoms with Crippen LogP contribution in [0.4, 0.5) is 5.69 Å². The van der Waals surface area contributed by atoms with Crippen LogP contribution < -0.4 is 4.90 Å². The number of phenolic OH excluding ortho intramolecular Hbond substituents is 1. The number of ether oxygens (including phenoxy) is 2. The zero-order valence-electron chi connectivity index (χ0n) is 20.1. The molecule has 2 fully saturated rings. The Morgan fingerprint density at radius 2 is 1.83 bits per heavy atom. The number of imide groups is 1. The lowest BCUT2D eigenvalue weighted by Crippen LogP contribution is -2.35. The van der Waals surface area contributed by atoms with E-state index >= 15 is 0 Å². The van der Waals surface area contributed by atoms with Gasteiger partial charge in [-0.2, -0.15) is 0 Å². The van der Waals surface area contributed by atoms with E-state index in [0.29, 0.717) is 25.3 Å². The number of nitrogens with zero attached hydrogens (tertiary/aromatic N) is 1. The third-order valence-corrected chi connectivity index (χ3v) is 7.48. The highest BCUT2D eigenvalue weighted by atomic mass is 16.5. The van der Waals surface area contributed by atoms with Gasteiger partial charge in [-0.3, -0.25) is 14.5 Å². The molecular weight excluding hydrogens is 442 g/mol. The Hall–Kier alpha value is -3.22. The lowest BCUT2D eigenvalue weighted by atomic mass is 9.69. The van der Waals surface area contributed by atoms with Gasteiger partial charge in [0.25, 0.3) is 0 Å². The van der Waals surface area contributed by atoms with Crippen molar-refractivity contribution in [3.05, 3.63) is 76.9 Å². The zero-order valence-corrected chi connectivity index (χ0v) is 20.1. The summed E-state index contributed by atoms with van der Waals surface area (Å²) >= 11 is 0. The smallest absolute Gasteiger partial charge is 0.238 e. The minimum Gasteiger partial charge on any atom is -0.507 e. The van der Waals surface area contributed by atoms with Crippen LogP contribution in [0.25, 0.3) is 6.08 Å². The second-order valence-corrected chi connectivity index (χ2v) is 9.69. The van der Waals surface area contributed by atoms with Crippen molar-refractivity contribution in [2.75, 3.05) is 25.2 Å². The fourth-order valence-electron chi connectivity index (χ4n) is 5.92. The second-order valence-electron chi connectivity index (χ2n) is 9.69. The monoisotopic (exact) mass is 473 g/mol. The van der Waals surface area contributed by atoms with Crippen LogP contribution in [0.3, 0.4) is 0 Å². The van der Waals surface area contributed by atoms with Crippen molar-refractivity contribution in [2.45, 2.75) is 32.3 Å².